The molecule has 7 heteroatoms. The van der Waals surface area contributed by atoms with Gasteiger partial charge in [0, 0.05) is 32.7 Å². The molecule has 0 aliphatic carbocycles. The van der Waals surface area contributed by atoms with E-state index >= 15 is 0 Å². The van der Waals surface area contributed by atoms with Crippen molar-refractivity contribution in [2.45, 2.75) is 38.7 Å². The Labute approximate surface area is 125 Å². The minimum absolute atomic E-state index is 0.284. The van der Waals surface area contributed by atoms with Crippen molar-refractivity contribution in [2.24, 2.45) is 0 Å². The summed E-state index contributed by atoms with van der Waals surface area (Å²) in [4.78, 5) is 17.9. The average molecular weight is 292 g/mol. The van der Waals surface area contributed by atoms with Crippen molar-refractivity contribution in [1.82, 2.24) is 15.0 Å². The number of nitrogens with one attached hydrogen (secondary N) is 1. The summed E-state index contributed by atoms with van der Waals surface area (Å²) in [5.74, 6) is 2.07. The predicted octanol–water partition coefficient (Wildman–Crippen LogP) is 0.865. The number of hydrogen-bond donors (Lipinski definition) is 2. The van der Waals surface area contributed by atoms with E-state index in [0.717, 1.165) is 45.0 Å². The van der Waals surface area contributed by atoms with E-state index in [4.69, 9.17) is 0 Å². The molecular weight excluding hydrogens is 268 g/mol. The molecule has 1 unspecified atom stereocenters. The Hall–Kier alpha value is -1.63. The van der Waals surface area contributed by atoms with Crippen molar-refractivity contribution in [1.29, 1.82) is 0 Å². The number of aliphatic hydroxyl groups excluding tert-OH is 1. The van der Waals surface area contributed by atoms with Crippen molar-refractivity contribution in [2.75, 3.05) is 47.8 Å². The summed E-state index contributed by atoms with van der Waals surface area (Å²) in [6.07, 6.45) is 3.94. The van der Waals surface area contributed by atoms with Crippen molar-refractivity contribution < 1.29 is 5.11 Å². The fraction of sp³-hybridized carbons (Fsp3) is 0.786. The molecule has 0 saturated carbocycles. The Balaban J connectivity index is 1.86. The van der Waals surface area contributed by atoms with Crippen LogP contribution in [-0.2, 0) is 0 Å². The van der Waals surface area contributed by atoms with Gasteiger partial charge in [-0.25, -0.2) is 0 Å². The molecule has 1 aromatic heterocycles. The lowest BCUT2D eigenvalue weighted by atomic mass is 10.1. The van der Waals surface area contributed by atoms with Gasteiger partial charge < -0.3 is 20.2 Å². The van der Waals surface area contributed by atoms with Gasteiger partial charge in [-0.3, -0.25) is 0 Å². The van der Waals surface area contributed by atoms with Crippen LogP contribution < -0.4 is 15.1 Å². The van der Waals surface area contributed by atoms with Crippen LogP contribution in [0.25, 0.3) is 0 Å². The number of β-amino-alcohol motifs (C(OH)–C–C–N with tert-alkyl or cyclic N) is 1. The number of rotatable bonds is 4. The van der Waals surface area contributed by atoms with Crippen LogP contribution in [0.15, 0.2) is 0 Å². The zero-order valence-corrected chi connectivity index (χ0v) is 12.6. The predicted molar refractivity (Wildman–Crippen MR) is 82.9 cm³/mol. The Morgan fingerprint density at radius 1 is 1.05 bits per heavy atom. The summed E-state index contributed by atoms with van der Waals surface area (Å²) in [5.41, 5.74) is 0. The minimum atomic E-state index is -0.284. The fourth-order valence-corrected chi connectivity index (χ4v) is 2.93. The molecule has 2 saturated heterocycles. The Bertz CT molecular complexity index is 477. The fourth-order valence-electron chi connectivity index (χ4n) is 2.93. The van der Waals surface area contributed by atoms with Crippen LogP contribution in [0.2, 0.25) is 0 Å². The van der Waals surface area contributed by atoms with Crippen LogP contribution in [0.4, 0.5) is 17.8 Å². The number of nitrogens with zero attached hydrogens (tertiary/aromatic N) is 5. The van der Waals surface area contributed by atoms with Gasteiger partial charge in [-0.15, -0.1) is 0 Å². The maximum absolute atomic E-state index is 9.86. The second kappa shape index (κ2) is 6.43. The number of hydrogen-bond acceptors (Lipinski definition) is 7. The van der Waals surface area contributed by atoms with E-state index in [1.807, 2.05) is 6.92 Å². The summed E-state index contributed by atoms with van der Waals surface area (Å²) in [7, 11) is 0. The molecule has 2 aliphatic rings. The first-order valence-electron chi connectivity index (χ1n) is 7.94. The smallest absolute Gasteiger partial charge is 0.232 e. The molecule has 0 radical (unpaired) electrons. The highest BCUT2D eigenvalue weighted by Gasteiger charge is 2.23. The van der Waals surface area contributed by atoms with Crippen molar-refractivity contribution in [3.8, 4) is 0 Å². The van der Waals surface area contributed by atoms with Crippen LogP contribution in [0.3, 0.4) is 0 Å². The third-order valence-corrected chi connectivity index (χ3v) is 4.01. The molecule has 2 aliphatic heterocycles. The maximum atomic E-state index is 9.86. The van der Waals surface area contributed by atoms with Crippen LogP contribution in [0.1, 0.15) is 32.6 Å². The topological polar surface area (TPSA) is 77.4 Å². The maximum Gasteiger partial charge on any atom is 0.232 e. The largest absolute Gasteiger partial charge is 0.391 e. The molecule has 1 atom stereocenters. The first-order valence-corrected chi connectivity index (χ1v) is 7.94. The average Bonchev–Trinajstić information content (AvgIpc) is 3.01. The summed E-state index contributed by atoms with van der Waals surface area (Å²) in [6, 6.07) is 0. The van der Waals surface area contributed by atoms with Crippen molar-refractivity contribution in [3.05, 3.63) is 0 Å². The first-order chi connectivity index (χ1) is 10.3. The van der Waals surface area contributed by atoms with Gasteiger partial charge in [0.2, 0.25) is 17.8 Å². The van der Waals surface area contributed by atoms with E-state index in [2.05, 4.69) is 30.1 Å². The summed E-state index contributed by atoms with van der Waals surface area (Å²) < 4.78 is 0. The van der Waals surface area contributed by atoms with E-state index < -0.39 is 0 Å². The molecule has 21 heavy (non-hydrogen) atoms. The van der Waals surface area contributed by atoms with Gasteiger partial charge in [-0.2, -0.15) is 15.0 Å². The lowest BCUT2D eigenvalue weighted by Crippen LogP contribution is -2.39. The summed E-state index contributed by atoms with van der Waals surface area (Å²) in [6.45, 7) is 6.34. The highest BCUT2D eigenvalue weighted by molar-refractivity contribution is 5.46. The molecule has 1 aromatic rings. The number of aromatic nitrogens is 3. The second-order valence-corrected chi connectivity index (χ2v) is 5.73. The van der Waals surface area contributed by atoms with E-state index in [1.165, 1.54) is 12.8 Å². The Morgan fingerprint density at radius 2 is 1.71 bits per heavy atom. The molecule has 2 fully saturated rings. The quantitative estimate of drug-likeness (QED) is 0.852. The third kappa shape index (κ3) is 3.34. The number of anilines is 3. The molecule has 116 valence electrons. The third-order valence-electron chi connectivity index (χ3n) is 4.01. The van der Waals surface area contributed by atoms with Crippen molar-refractivity contribution in [3.63, 3.8) is 0 Å². The Morgan fingerprint density at radius 3 is 2.38 bits per heavy atom. The molecule has 7 nitrogen and oxygen atoms in total. The van der Waals surface area contributed by atoms with Gasteiger partial charge in [0.1, 0.15) is 0 Å². The lowest BCUT2D eigenvalue weighted by molar-refractivity contribution is 0.153. The van der Waals surface area contributed by atoms with Gasteiger partial charge in [-0.1, -0.05) is 0 Å². The monoisotopic (exact) mass is 292 g/mol. The van der Waals surface area contributed by atoms with Crippen molar-refractivity contribution >= 4 is 17.8 Å². The van der Waals surface area contributed by atoms with Gasteiger partial charge in [-0.05, 0) is 32.6 Å². The minimum Gasteiger partial charge on any atom is -0.391 e. The molecule has 3 rings (SSSR count). The van der Waals surface area contributed by atoms with Crippen LogP contribution in [-0.4, -0.2) is 58.9 Å². The van der Waals surface area contributed by atoms with Gasteiger partial charge in [0.05, 0.1) is 6.10 Å². The number of aliphatic hydroxyl groups is 1. The lowest BCUT2D eigenvalue weighted by Gasteiger charge is -2.30. The van der Waals surface area contributed by atoms with Gasteiger partial charge >= 0.3 is 0 Å². The molecule has 2 N–H and O–H groups in total. The van der Waals surface area contributed by atoms with E-state index in [-0.39, 0.29) is 6.10 Å². The zero-order valence-electron chi connectivity index (χ0n) is 12.6. The highest BCUT2D eigenvalue weighted by Crippen LogP contribution is 2.22. The zero-order chi connectivity index (χ0) is 14.7. The van der Waals surface area contributed by atoms with E-state index in [1.54, 1.807) is 0 Å². The number of piperidine rings is 1. The van der Waals surface area contributed by atoms with Crippen LogP contribution >= 0.6 is 0 Å². The molecule has 3 heterocycles. The molecule has 0 spiro atoms. The standard InChI is InChI=1S/C14H24N6O/c1-2-15-12-16-13(19-7-3-4-8-19)18-14(17-12)20-9-5-6-11(21)10-20/h11,21H,2-10H2,1H3,(H,15,16,17,18). The Kier molecular flexibility index (Phi) is 4.38. The highest BCUT2D eigenvalue weighted by atomic mass is 16.3. The molecule has 0 bridgehead atoms. The van der Waals surface area contributed by atoms with E-state index in [0.29, 0.717) is 18.4 Å². The summed E-state index contributed by atoms with van der Waals surface area (Å²) >= 11 is 0. The van der Waals surface area contributed by atoms with Crippen LogP contribution in [0, 0.1) is 0 Å². The van der Waals surface area contributed by atoms with Gasteiger partial charge in [0.15, 0.2) is 0 Å². The molecule has 0 amide bonds. The van der Waals surface area contributed by atoms with E-state index in [9.17, 15) is 5.11 Å². The first kappa shape index (κ1) is 14.3. The van der Waals surface area contributed by atoms with Gasteiger partial charge in [0.25, 0.3) is 0 Å². The molecule has 0 aromatic carbocycles. The normalized spacial score (nSPS) is 22.7. The molecular formula is C14H24N6O. The van der Waals surface area contributed by atoms with Crippen LogP contribution in [0.5, 0.6) is 0 Å². The summed E-state index contributed by atoms with van der Waals surface area (Å²) in [5, 5.41) is 13.0. The SMILES string of the molecule is CCNc1nc(N2CCCC2)nc(N2CCCC(O)C2)n1. The second-order valence-electron chi connectivity index (χ2n) is 5.73.